The Kier molecular flexibility index (Phi) is 4.73. The van der Waals surface area contributed by atoms with E-state index >= 15 is 0 Å². The molecule has 1 unspecified atom stereocenters. The minimum atomic E-state index is -0.819. The van der Waals surface area contributed by atoms with Gasteiger partial charge < -0.3 is 14.7 Å². The van der Waals surface area contributed by atoms with Crippen LogP contribution in [0.3, 0.4) is 0 Å². The molecule has 21 heavy (non-hydrogen) atoms. The quantitative estimate of drug-likeness (QED) is 0.905. The molecule has 1 amide bonds. The predicted molar refractivity (Wildman–Crippen MR) is 78.6 cm³/mol. The third kappa shape index (κ3) is 3.67. The van der Waals surface area contributed by atoms with E-state index < -0.39 is 11.9 Å². The minimum absolute atomic E-state index is 0.0317. The summed E-state index contributed by atoms with van der Waals surface area (Å²) in [6.45, 7) is 4.45. The number of nitrogens with zero attached hydrogens (tertiary/aromatic N) is 1. The molecule has 0 bridgehead atoms. The van der Waals surface area contributed by atoms with Gasteiger partial charge in [-0.25, -0.2) is 0 Å². The molecule has 5 nitrogen and oxygen atoms in total. The Morgan fingerprint density at radius 1 is 1.48 bits per heavy atom. The molecule has 0 spiro atoms. The maximum Gasteiger partial charge on any atom is 0.306 e. The van der Waals surface area contributed by atoms with Gasteiger partial charge in [-0.3, -0.25) is 9.59 Å². The molecule has 114 valence electrons. The van der Waals surface area contributed by atoms with Gasteiger partial charge in [0.2, 0.25) is 0 Å². The van der Waals surface area contributed by atoms with Gasteiger partial charge in [0.25, 0.3) is 5.91 Å². The van der Waals surface area contributed by atoms with Gasteiger partial charge in [-0.05, 0) is 30.7 Å². The Morgan fingerprint density at radius 2 is 2.14 bits per heavy atom. The summed E-state index contributed by atoms with van der Waals surface area (Å²) in [5.41, 5.74) is 0.890. The second-order valence-electron chi connectivity index (χ2n) is 5.39. The molecule has 1 atom stereocenters. The van der Waals surface area contributed by atoms with E-state index in [2.05, 4.69) is 0 Å². The zero-order valence-corrected chi connectivity index (χ0v) is 12.8. The summed E-state index contributed by atoms with van der Waals surface area (Å²) in [5.74, 6) is -0.740. The van der Waals surface area contributed by atoms with Gasteiger partial charge in [-0.1, -0.05) is 18.5 Å². The number of halogens is 1. The van der Waals surface area contributed by atoms with Crippen LogP contribution < -0.4 is 4.74 Å². The van der Waals surface area contributed by atoms with E-state index in [1.807, 2.05) is 6.92 Å². The fourth-order valence-electron chi connectivity index (χ4n) is 2.18. The van der Waals surface area contributed by atoms with Crippen LogP contribution in [0.2, 0.25) is 5.02 Å². The molecule has 1 aliphatic rings. The van der Waals surface area contributed by atoms with Gasteiger partial charge in [0.15, 0.2) is 6.61 Å². The van der Waals surface area contributed by atoms with Crippen LogP contribution in [0.4, 0.5) is 0 Å². The number of benzene rings is 1. The third-order valence-corrected chi connectivity index (χ3v) is 4.27. The first kappa shape index (κ1) is 15.6. The second kappa shape index (κ2) is 6.35. The lowest BCUT2D eigenvalue weighted by atomic mass is 9.87. The fraction of sp³-hybridized carbons (Fsp3) is 0.467. The molecule has 1 fully saturated rings. The Labute approximate surface area is 128 Å². The number of likely N-dealkylation sites (tertiary alicyclic amines) is 1. The van der Waals surface area contributed by atoms with E-state index in [1.54, 1.807) is 30.0 Å². The highest BCUT2D eigenvalue weighted by Crippen LogP contribution is 2.25. The van der Waals surface area contributed by atoms with Crippen molar-refractivity contribution in [1.82, 2.24) is 4.90 Å². The maximum absolute atomic E-state index is 11.9. The summed E-state index contributed by atoms with van der Waals surface area (Å²) in [4.78, 5) is 24.4. The van der Waals surface area contributed by atoms with Crippen molar-refractivity contribution in [3.05, 3.63) is 28.8 Å². The average molecular weight is 312 g/mol. The Hall–Kier alpha value is -1.75. The fourth-order valence-corrected chi connectivity index (χ4v) is 2.30. The zero-order chi connectivity index (χ0) is 15.6. The highest BCUT2D eigenvalue weighted by atomic mass is 35.5. The summed E-state index contributed by atoms with van der Waals surface area (Å²) in [6, 6.07) is 5.22. The van der Waals surface area contributed by atoms with Crippen LogP contribution in [0, 0.1) is 18.8 Å². The van der Waals surface area contributed by atoms with Gasteiger partial charge in [0.05, 0.1) is 5.92 Å². The number of amides is 1. The number of ether oxygens (including phenoxy) is 1. The largest absolute Gasteiger partial charge is 0.484 e. The van der Waals surface area contributed by atoms with E-state index in [9.17, 15) is 9.59 Å². The van der Waals surface area contributed by atoms with E-state index in [4.69, 9.17) is 21.4 Å². The molecule has 6 heteroatoms. The molecule has 2 rings (SSSR count). The predicted octanol–water partition coefficient (Wildman–Crippen LogP) is 2.21. The van der Waals surface area contributed by atoms with E-state index in [-0.39, 0.29) is 18.4 Å². The van der Waals surface area contributed by atoms with Gasteiger partial charge in [0.1, 0.15) is 5.75 Å². The lowest BCUT2D eigenvalue weighted by Crippen LogP contribution is -2.54. The number of carbonyl (C=O) groups excluding carboxylic acids is 1. The highest BCUT2D eigenvalue weighted by Gasteiger charge is 2.37. The molecule has 0 radical (unpaired) electrons. The molecule has 0 aromatic heterocycles. The summed E-state index contributed by atoms with van der Waals surface area (Å²) < 4.78 is 5.44. The normalized spacial score (nSPS) is 16.2. The van der Waals surface area contributed by atoms with E-state index in [0.717, 1.165) is 5.56 Å². The first-order chi connectivity index (χ1) is 9.88. The van der Waals surface area contributed by atoms with Crippen molar-refractivity contribution in [3.63, 3.8) is 0 Å². The van der Waals surface area contributed by atoms with Crippen molar-refractivity contribution in [1.29, 1.82) is 0 Å². The van der Waals surface area contributed by atoms with Crippen LogP contribution >= 0.6 is 11.6 Å². The number of aryl methyl sites for hydroxylation is 1. The molecule has 1 heterocycles. The molecule has 1 N–H and O–H groups in total. The molecular formula is C15H18ClNO4. The standard InChI is InChI=1S/C15H18ClNO4/c1-9-5-12(3-4-13(9)16)21-8-14(18)17-6-11(7-17)10(2)15(19)20/h3-5,10-11H,6-8H2,1-2H3,(H,19,20). The van der Waals surface area contributed by atoms with Gasteiger partial charge in [-0.15, -0.1) is 0 Å². The Morgan fingerprint density at radius 3 is 2.71 bits per heavy atom. The first-order valence-electron chi connectivity index (χ1n) is 6.78. The SMILES string of the molecule is Cc1cc(OCC(=O)N2CC(C(C)C(=O)O)C2)ccc1Cl. The van der Waals surface area contributed by atoms with Crippen LogP contribution in [-0.4, -0.2) is 41.6 Å². The van der Waals surface area contributed by atoms with Crippen molar-refractivity contribution in [2.24, 2.45) is 11.8 Å². The van der Waals surface area contributed by atoms with Crippen LogP contribution in [-0.2, 0) is 9.59 Å². The number of carboxylic acids is 1. The van der Waals surface area contributed by atoms with Crippen LogP contribution in [0.1, 0.15) is 12.5 Å². The van der Waals surface area contributed by atoms with Crippen LogP contribution in [0.15, 0.2) is 18.2 Å². The first-order valence-corrected chi connectivity index (χ1v) is 7.16. The van der Waals surface area contributed by atoms with Crippen molar-refractivity contribution in [3.8, 4) is 5.75 Å². The van der Waals surface area contributed by atoms with Crippen molar-refractivity contribution < 1.29 is 19.4 Å². The lowest BCUT2D eigenvalue weighted by molar-refractivity contribution is -0.151. The second-order valence-corrected chi connectivity index (χ2v) is 5.79. The monoisotopic (exact) mass is 311 g/mol. The summed E-state index contributed by atoms with van der Waals surface area (Å²) in [5, 5.41) is 9.56. The molecule has 1 saturated heterocycles. The Balaban J connectivity index is 1.79. The number of hydrogen-bond donors (Lipinski definition) is 1. The van der Waals surface area contributed by atoms with E-state index in [1.165, 1.54) is 0 Å². The van der Waals surface area contributed by atoms with E-state index in [0.29, 0.717) is 23.9 Å². The molecule has 0 saturated carbocycles. The smallest absolute Gasteiger partial charge is 0.306 e. The van der Waals surface area contributed by atoms with Crippen LogP contribution in [0.5, 0.6) is 5.75 Å². The van der Waals surface area contributed by atoms with Crippen molar-refractivity contribution in [2.45, 2.75) is 13.8 Å². The number of aliphatic carboxylic acids is 1. The Bertz CT molecular complexity index is 555. The summed E-state index contributed by atoms with van der Waals surface area (Å²) in [7, 11) is 0. The van der Waals surface area contributed by atoms with Gasteiger partial charge >= 0.3 is 5.97 Å². The minimum Gasteiger partial charge on any atom is -0.484 e. The molecular weight excluding hydrogens is 294 g/mol. The highest BCUT2D eigenvalue weighted by molar-refractivity contribution is 6.31. The molecule has 1 aromatic carbocycles. The van der Waals surface area contributed by atoms with Crippen molar-refractivity contribution >= 4 is 23.5 Å². The zero-order valence-electron chi connectivity index (χ0n) is 12.0. The molecule has 1 aromatic rings. The van der Waals surface area contributed by atoms with Crippen LogP contribution in [0.25, 0.3) is 0 Å². The maximum atomic E-state index is 11.9. The number of rotatable bonds is 5. The van der Waals surface area contributed by atoms with Gasteiger partial charge in [-0.2, -0.15) is 0 Å². The average Bonchev–Trinajstić information content (AvgIpc) is 2.38. The van der Waals surface area contributed by atoms with Crippen molar-refractivity contribution in [2.75, 3.05) is 19.7 Å². The van der Waals surface area contributed by atoms with Gasteiger partial charge in [0, 0.05) is 24.0 Å². The lowest BCUT2D eigenvalue weighted by Gasteiger charge is -2.41. The topological polar surface area (TPSA) is 66.8 Å². The summed E-state index contributed by atoms with van der Waals surface area (Å²) >= 11 is 5.92. The number of carboxylic acid groups (broad SMARTS) is 1. The molecule has 0 aliphatic carbocycles. The number of hydrogen-bond acceptors (Lipinski definition) is 3. The molecule has 1 aliphatic heterocycles. The summed E-state index contributed by atoms with van der Waals surface area (Å²) in [6.07, 6.45) is 0. The third-order valence-electron chi connectivity index (χ3n) is 3.85. The number of carbonyl (C=O) groups is 2.